The van der Waals surface area contributed by atoms with Crippen molar-refractivity contribution < 1.29 is 9.53 Å². The summed E-state index contributed by atoms with van der Waals surface area (Å²) in [5.41, 5.74) is 0.0564. The molecule has 0 aromatic heterocycles. The van der Waals surface area contributed by atoms with Gasteiger partial charge < -0.3 is 4.74 Å². The fourth-order valence-corrected chi connectivity index (χ4v) is 1.26. The number of carbonyl (C=O) groups is 1. The number of unbranched alkanes of at least 4 members (excludes halogenated alkanes) is 1. The van der Waals surface area contributed by atoms with Gasteiger partial charge in [0.1, 0.15) is 6.10 Å². The van der Waals surface area contributed by atoms with E-state index in [2.05, 4.69) is 27.7 Å². The van der Waals surface area contributed by atoms with Gasteiger partial charge in [-0.1, -0.05) is 40.5 Å². The first-order chi connectivity index (χ1) is 5.88. The third-order valence-electron chi connectivity index (χ3n) is 2.09. The van der Waals surface area contributed by atoms with Crippen molar-refractivity contribution in [2.24, 2.45) is 5.41 Å². The van der Waals surface area contributed by atoms with Crippen molar-refractivity contribution in [3.8, 4) is 0 Å². The summed E-state index contributed by atoms with van der Waals surface area (Å²) in [6.07, 6.45) is 3.30. The molecule has 2 nitrogen and oxygen atoms in total. The van der Waals surface area contributed by atoms with Gasteiger partial charge in [-0.05, 0) is 11.8 Å². The SMILES string of the molecule is CCCCC(OC(C)=O)C(C)(C)C. The van der Waals surface area contributed by atoms with Crippen molar-refractivity contribution in [2.75, 3.05) is 0 Å². The third kappa shape index (κ3) is 5.67. The molecule has 0 aliphatic carbocycles. The van der Waals surface area contributed by atoms with Crippen molar-refractivity contribution in [1.29, 1.82) is 0 Å². The lowest BCUT2D eigenvalue weighted by molar-refractivity contribution is -0.152. The molecule has 0 aliphatic heterocycles. The fourth-order valence-electron chi connectivity index (χ4n) is 1.26. The number of hydrogen-bond acceptors (Lipinski definition) is 2. The molecule has 0 aromatic carbocycles. The molecule has 2 heteroatoms. The second-order valence-corrected chi connectivity index (χ2v) is 4.61. The molecule has 1 unspecified atom stereocenters. The Labute approximate surface area is 81.7 Å². The van der Waals surface area contributed by atoms with Crippen LogP contribution < -0.4 is 0 Å². The minimum atomic E-state index is -0.170. The normalized spacial score (nSPS) is 13.9. The van der Waals surface area contributed by atoms with Gasteiger partial charge in [-0.2, -0.15) is 0 Å². The van der Waals surface area contributed by atoms with Gasteiger partial charge >= 0.3 is 5.97 Å². The molecule has 0 aromatic rings. The molecule has 0 spiro atoms. The molecule has 0 saturated carbocycles. The van der Waals surface area contributed by atoms with Crippen LogP contribution in [-0.4, -0.2) is 12.1 Å². The highest BCUT2D eigenvalue weighted by atomic mass is 16.5. The van der Waals surface area contributed by atoms with Crippen LogP contribution in [0.1, 0.15) is 53.9 Å². The summed E-state index contributed by atoms with van der Waals surface area (Å²) in [4.78, 5) is 10.8. The number of ether oxygens (including phenoxy) is 1. The van der Waals surface area contributed by atoms with Crippen LogP contribution in [-0.2, 0) is 9.53 Å². The smallest absolute Gasteiger partial charge is 0.302 e. The van der Waals surface area contributed by atoms with Gasteiger partial charge in [0.25, 0.3) is 0 Å². The number of esters is 1. The molecule has 0 fully saturated rings. The van der Waals surface area contributed by atoms with E-state index in [0.717, 1.165) is 19.3 Å². The Kier molecular flexibility index (Phi) is 5.04. The van der Waals surface area contributed by atoms with E-state index in [1.807, 2.05) is 0 Å². The molecule has 13 heavy (non-hydrogen) atoms. The van der Waals surface area contributed by atoms with Gasteiger partial charge in [-0.15, -0.1) is 0 Å². The third-order valence-corrected chi connectivity index (χ3v) is 2.09. The predicted molar refractivity (Wildman–Crippen MR) is 54.5 cm³/mol. The maximum absolute atomic E-state index is 10.8. The summed E-state index contributed by atoms with van der Waals surface area (Å²) >= 11 is 0. The van der Waals surface area contributed by atoms with E-state index in [4.69, 9.17) is 4.74 Å². The summed E-state index contributed by atoms with van der Waals surface area (Å²) in [6.45, 7) is 9.95. The Bertz CT molecular complexity index is 156. The molecule has 0 aliphatic rings. The van der Waals surface area contributed by atoms with Crippen LogP contribution in [0, 0.1) is 5.41 Å². The van der Waals surface area contributed by atoms with Crippen LogP contribution in [0.3, 0.4) is 0 Å². The van der Waals surface area contributed by atoms with Crippen LogP contribution in [0.5, 0.6) is 0 Å². The van der Waals surface area contributed by atoms with Crippen molar-refractivity contribution in [3.63, 3.8) is 0 Å². The summed E-state index contributed by atoms with van der Waals surface area (Å²) < 4.78 is 5.28. The maximum Gasteiger partial charge on any atom is 0.302 e. The Hall–Kier alpha value is -0.530. The molecule has 0 heterocycles. The van der Waals surface area contributed by atoms with Gasteiger partial charge in [0.2, 0.25) is 0 Å². The van der Waals surface area contributed by atoms with Crippen LogP contribution in [0.4, 0.5) is 0 Å². The zero-order valence-electron chi connectivity index (χ0n) is 9.52. The largest absolute Gasteiger partial charge is 0.462 e. The zero-order chi connectivity index (χ0) is 10.5. The van der Waals surface area contributed by atoms with Gasteiger partial charge in [0.15, 0.2) is 0 Å². The Morgan fingerprint density at radius 1 is 1.38 bits per heavy atom. The van der Waals surface area contributed by atoms with Gasteiger partial charge in [-0.3, -0.25) is 4.79 Å². The average Bonchev–Trinajstić information content (AvgIpc) is 1.95. The minimum absolute atomic E-state index is 0.0564. The molecule has 0 amide bonds. The molecule has 0 rings (SSSR count). The molecular formula is C11H22O2. The lowest BCUT2D eigenvalue weighted by Gasteiger charge is -2.29. The lowest BCUT2D eigenvalue weighted by atomic mass is 9.86. The van der Waals surface area contributed by atoms with Gasteiger partial charge in [0.05, 0.1) is 0 Å². The molecule has 1 atom stereocenters. The molecule has 0 saturated heterocycles. The minimum Gasteiger partial charge on any atom is -0.462 e. The Morgan fingerprint density at radius 2 is 1.92 bits per heavy atom. The molecular weight excluding hydrogens is 164 g/mol. The second kappa shape index (κ2) is 5.25. The monoisotopic (exact) mass is 186 g/mol. The quantitative estimate of drug-likeness (QED) is 0.630. The summed E-state index contributed by atoms with van der Waals surface area (Å²) in [7, 11) is 0. The zero-order valence-corrected chi connectivity index (χ0v) is 9.52. The summed E-state index contributed by atoms with van der Waals surface area (Å²) in [5.74, 6) is -0.170. The van der Waals surface area contributed by atoms with E-state index in [1.54, 1.807) is 0 Å². The molecule has 0 bridgehead atoms. The highest BCUT2D eigenvalue weighted by Gasteiger charge is 2.26. The highest BCUT2D eigenvalue weighted by Crippen LogP contribution is 2.26. The van der Waals surface area contributed by atoms with E-state index in [9.17, 15) is 4.79 Å². The van der Waals surface area contributed by atoms with E-state index in [1.165, 1.54) is 6.92 Å². The van der Waals surface area contributed by atoms with Crippen molar-refractivity contribution in [3.05, 3.63) is 0 Å². The number of rotatable bonds is 4. The Balaban J connectivity index is 4.11. The molecule has 0 radical (unpaired) electrons. The molecule has 78 valence electrons. The van der Waals surface area contributed by atoms with Gasteiger partial charge in [0, 0.05) is 6.92 Å². The first kappa shape index (κ1) is 12.5. The first-order valence-corrected chi connectivity index (χ1v) is 5.05. The van der Waals surface area contributed by atoms with Crippen molar-refractivity contribution >= 4 is 5.97 Å². The first-order valence-electron chi connectivity index (χ1n) is 5.05. The summed E-state index contributed by atoms with van der Waals surface area (Å²) in [6, 6.07) is 0. The average molecular weight is 186 g/mol. The fraction of sp³-hybridized carbons (Fsp3) is 0.909. The second-order valence-electron chi connectivity index (χ2n) is 4.61. The van der Waals surface area contributed by atoms with E-state index in [-0.39, 0.29) is 17.5 Å². The van der Waals surface area contributed by atoms with E-state index < -0.39 is 0 Å². The van der Waals surface area contributed by atoms with E-state index >= 15 is 0 Å². The van der Waals surface area contributed by atoms with E-state index in [0.29, 0.717) is 0 Å². The predicted octanol–water partition coefficient (Wildman–Crippen LogP) is 3.15. The summed E-state index contributed by atoms with van der Waals surface area (Å²) in [5, 5.41) is 0. The van der Waals surface area contributed by atoms with Crippen LogP contribution >= 0.6 is 0 Å². The maximum atomic E-state index is 10.8. The van der Waals surface area contributed by atoms with Crippen molar-refractivity contribution in [2.45, 2.75) is 60.0 Å². The number of carbonyl (C=O) groups excluding carboxylic acids is 1. The van der Waals surface area contributed by atoms with Crippen LogP contribution in [0.15, 0.2) is 0 Å². The standard InChI is InChI=1S/C11H22O2/c1-6-7-8-10(11(3,4)5)13-9(2)12/h10H,6-8H2,1-5H3. The van der Waals surface area contributed by atoms with Crippen molar-refractivity contribution in [1.82, 2.24) is 0 Å². The lowest BCUT2D eigenvalue weighted by Crippen LogP contribution is -2.30. The number of hydrogen-bond donors (Lipinski definition) is 0. The van der Waals surface area contributed by atoms with Crippen LogP contribution in [0.2, 0.25) is 0 Å². The topological polar surface area (TPSA) is 26.3 Å². The Morgan fingerprint density at radius 3 is 2.23 bits per heavy atom. The highest BCUT2D eigenvalue weighted by molar-refractivity contribution is 5.66. The molecule has 0 N–H and O–H groups in total. The van der Waals surface area contributed by atoms with Gasteiger partial charge in [-0.25, -0.2) is 0 Å². The van der Waals surface area contributed by atoms with Crippen LogP contribution in [0.25, 0.3) is 0 Å².